The zero-order valence-corrected chi connectivity index (χ0v) is 14.4. The van der Waals surface area contributed by atoms with E-state index in [0.29, 0.717) is 16.4 Å². The van der Waals surface area contributed by atoms with Crippen molar-refractivity contribution in [2.24, 2.45) is 10.2 Å². The smallest absolute Gasteiger partial charge is 0.240 e. The fourth-order valence-electron chi connectivity index (χ4n) is 2.19. The normalized spacial score (nSPS) is 18.3. The first-order valence-corrected chi connectivity index (χ1v) is 8.67. The van der Waals surface area contributed by atoms with E-state index in [2.05, 4.69) is 20.8 Å². The molecule has 2 N–H and O–H groups in total. The summed E-state index contributed by atoms with van der Waals surface area (Å²) in [5.41, 5.74) is 1.36. The monoisotopic (exact) mass is 370 g/mol. The van der Waals surface area contributed by atoms with Crippen molar-refractivity contribution in [3.8, 4) is 0 Å². The second kappa shape index (κ2) is 8.39. The van der Waals surface area contributed by atoms with Crippen LogP contribution >= 0.6 is 11.8 Å². The van der Waals surface area contributed by atoms with Gasteiger partial charge in [-0.15, -0.1) is 5.10 Å². The Labute approximate surface area is 153 Å². The van der Waals surface area contributed by atoms with E-state index < -0.39 is 5.25 Å². The van der Waals surface area contributed by atoms with Crippen LogP contribution in [0.3, 0.4) is 0 Å². The number of benzene rings is 2. The summed E-state index contributed by atoms with van der Waals surface area (Å²) in [5, 5.41) is 12.9. The first-order chi connectivity index (χ1) is 12.6. The number of nitrogens with one attached hydrogen (secondary N) is 2. The minimum atomic E-state index is -0.557. The fraction of sp³-hybridized carbons (Fsp3) is 0.111. The summed E-state index contributed by atoms with van der Waals surface area (Å²) in [7, 11) is 0. The summed E-state index contributed by atoms with van der Waals surface area (Å²) >= 11 is 1.15. The van der Waals surface area contributed by atoms with E-state index in [-0.39, 0.29) is 24.1 Å². The zero-order chi connectivity index (χ0) is 18.4. The molecule has 2 aromatic carbocycles. The lowest BCUT2D eigenvalue weighted by Gasteiger charge is -2.06. The Morgan fingerprint density at radius 3 is 2.65 bits per heavy atom. The highest BCUT2D eigenvalue weighted by Gasteiger charge is 2.32. The maximum absolute atomic E-state index is 12.8. The van der Waals surface area contributed by atoms with Gasteiger partial charge < -0.3 is 10.6 Å². The van der Waals surface area contributed by atoms with Gasteiger partial charge >= 0.3 is 0 Å². The summed E-state index contributed by atoms with van der Waals surface area (Å²) in [6, 6.07) is 14.8. The van der Waals surface area contributed by atoms with Crippen LogP contribution in [-0.4, -0.2) is 28.4 Å². The second-order valence-electron chi connectivity index (χ2n) is 5.42. The van der Waals surface area contributed by atoms with E-state index in [1.165, 1.54) is 18.3 Å². The fourth-order valence-corrected chi connectivity index (χ4v) is 3.11. The van der Waals surface area contributed by atoms with Gasteiger partial charge in [0.15, 0.2) is 5.17 Å². The number of nitrogens with zero attached hydrogens (tertiary/aromatic N) is 2. The van der Waals surface area contributed by atoms with E-state index in [0.717, 1.165) is 11.8 Å². The molecule has 0 radical (unpaired) electrons. The average molecular weight is 370 g/mol. The molecular weight excluding hydrogens is 355 g/mol. The van der Waals surface area contributed by atoms with Crippen molar-refractivity contribution >= 4 is 40.6 Å². The molecule has 1 fully saturated rings. The van der Waals surface area contributed by atoms with E-state index in [4.69, 9.17) is 0 Å². The number of carbonyl (C=O) groups is 2. The Balaban J connectivity index is 1.54. The number of hydrogen-bond donors (Lipinski definition) is 2. The van der Waals surface area contributed by atoms with Crippen LogP contribution < -0.4 is 10.6 Å². The number of para-hydroxylation sites is 1. The predicted molar refractivity (Wildman–Crippen MR) is 101 cm³/mol. The molecule has 1 saturated heterocycles. The van der Waals surface area contributed by atoms with Crippen LogP contribution in [0.5, 0.6) is 0 Å². The molecule has 3 rings (SSSR count). The van der Waals surface area contributed by atoms with Gasteiger partial charge in [-0.3, -0.25) is 9.59 Å². The van der Waals surface area contributed by atoms with Crippen LogP contribution in [0.15, 0.2) is 64.8 Å². The summed E-state index contributed by atoms with van der Waals surface area (Å²) in [4.78, 5) is 24.0. The van der Waals surface area contributed by atoms with Crippen LogP contribution in [0.1, 0.15) is 12.0 Å². The summed E-state index contributed by atoms with van der Waals surface area (Å²) < 4.78 is 12.8. The molecule has 8 heteroatoms. The van der Waals surface area contributed by atoms with Crippen LogP contribution in [0, 0.1) is 5.82 Å². The number of halogens is 1. The third-order valence-electron chi connectivity index (χ3n) is 3.43. The maximum Gasteiger partial charge on any atom is 0.240 e. The molecule has 0 aliphatic carbocycles. The van der Waals surface area contributed by atoms with Gasteiger partial charge in [0.05, 0.1) is 6.21 Å². The standard InChI is InChI=1S/C18H15FN4O2S/c19-13-8-6-12(7-9-13)11-20-23-18-22-17(25)15(26-18)10-16(24)21-14-4-2-1-3-5-14/h1-9,11,15H,10H2,(H,21,24)(H,22,23,25)/b20-11-/t15-/m0/s1. The Kier molecular flexibility index (Phi) is 5.75. The lowest BCUT2D eigenvalue weighted by atomic mass is 10.2. The SMILES string of the molecule is O=C(C[C@@H]1S/C(=N\N=C/c2ccc(F)cc2)NC1=O)Nc1ccccc1. The number of hydrogen-bond acceptors (Lipinski definition) is 5. The molecule has 0 bridgehead atoms. The molecule has 6 nitrogen and oxygen atoms in total. The lowest BCUT2D eigenvalue weighted by molar-refractivity contribution is -0.122. The molecule has 0 spiro atoms. The van der Waals surface area contributed by atoms with Crippen molar-refractivity contribution < 1.29 is 14.0 Å². The van der Waals surface area contributed by atoms with Crippen molar-refractivity contribution in [1.82, 2.24) is 5.32 Å². The molecule has 0 unspecified atom stereocenters. The molecule has 1 aliphatic rings. The summed E-state index contributed by atoms with van der Waals surface area (Å²) in [5.74, 6) is -0.863. The van der Waals surface area contributed by atoms with Crippen molar-refractivity contribution in [3.63, 3.8) is 0 Å². The largest absolute Gasteiger partial charge is 0.326 e. The Morgan fingerprint density at radius 2 is 1.92 bits per heavy atom. The van der Waals surface area contributed by atoms with Crippen LogP contribution in [0.4, 0.5) is 10.1 Å². The van der Waals surface area contributed by atoms with Gasteiger partial charge in [0.2, 0.25) is 11.8 Å². The Hall–Kier alpha value is -3.00. The highest BCUT2D eigenvalue weighted by atomic mass is 32.2. The van der Waals surface area contributed by atoms with Crippen molar-refractivity contribution in [1.29, 1.82) is 0 Å². The van der Waals surface area contributed by atoms with Crippen LogP contribution in [-0.2, 0) is 9.59 Å². The molecule has 0 saturated carbocycles. The van der Waals surface area contributed by atoms with E-state index in [1.54, 1.807) is 24.3 Å². The number of anilines is 1. The number of carbonyl (C=O) groups excluding carboxylic acids is 2. The highest BCUT2D eigenvalue weighted by molar-refractivity contribution is 8.15. The van der Waals surface area contributed by atoms with Crippen molar-refractivity contribution in [2.75, 3.05) is 5.32 Å². The van der Waals surface area contributed by atoms with Gasteiger partial charge in [0, 0.05) is 12.1 Å². The van der Waals surface area contributed by atoms with E-state index >= 15 is 0 Å². The van der Waals surface area contributed by atoms with Crippen LogP contribution in [0.2, 0.25) is 0 Å². The Morgan fingerprint density at radius 1 is 1.19 bits per heavy atom. The molecule has 1 heterocycles. The maximum atomic E-state index is 12.8. The first kappa shape index (κ1) is 17.8. The molecule has 2 amide bonds. The number of thioether (sulfide) groups is 1. The third kappa shape index (κ3) is 5.00. The molecular formula is C18H15FN4O2S. The number of rotatable bonds is 5. The second-order valence-corrected chi connectivity index (χ2v) is 6.61. The molecule has 1 atom stereocenters. The average Bonchev–Trinajstić information content (AvgIpc) is 2.97. The van der Waals surface area contributed by atoms with Gasteiger partial charge in [-0.25, -0.2) is 4.39 Å². The third-order valence-corrected chi connectivity index (χ3v) is 4.50. The van der Waals surface area contributed by atoms with Crippen molar-refractivity contribution in [3.05, 3.63) is 66.0 Å². The van der Waals surface area contributed by atoms with Gasteiger partial charge in [-0.1, -0.05) is 42.1 Å². The quantitative estimate of drug-likeness (QED) is 0.627. The molecule has 132 valence electrons. The van der Waals surface area contributed by atoms with E-state index in [1.807, 2.05) is 18.2 Å². The molecule has 0 aromatic heterocycles. The summed E-state index contributed by atoms with van der Waals surface area (Å²) in [6.07, 6.45) is 1.49. The minimum absolute atomic E-state index is 0.0338. The lowest BCUT2D eigenvalue weighted by Crippen LogP contribution is -2.28. The predicted octanol–water partition coefficient (Wildman–Crippen LogP) is 2.78. The topological polar surface area (TPSA) is 82.9 Å². The van der Waals surface area contributed by atoms with Gasteiger partial charge in [0.1, 0.15) is 11.1 Å². The first-order valence-electron chi connectivity index (χ1n) is 7.79. The van der Waals surface area contributed by atoms with Gasteiger partial charge in [-0.05, 0) is 29.8 Å². The number of amidine groups is 1. The zero-order valence-electron chi connectivity index (χ0n) is 13.6. The van der Waals surface area contributed by atoms with Gasteiger partial charge in [-0.2, -0.15) is 5.10 Å². The van der Waals surface area contributed by atoms with Gasteiger partial charge in [0.25, 0.3) is 0 Å². The highest BCUT2D eigenvalue weighted by Crippen LogP contribution is 2.23. The summed E-state index contributed by atoms with van der Waals surface area (Å²) in [6.45, 7) is 0. The van der Waals surface area contributed by atoms with Crippen molar-refractivity contribution in [2.45, 2.75) is 11.7 Å². The minimum Gasteiger partial charge on any atom is -0.326 e. The Bertz CT molecular complexity index is 853. The molecule has 1 aliphatic heterocycles. The number of amides is 2. The molecule has 2 aromatic rings. The molecule has 26 heavy (non-hydrogen) atoms. The van der Waals surface area contributed by atoms with Crippen LogP contribution in [0.25, 0.3) is 0 Å². The van der Waals surface area contributed by atoms with E-state index in [9.17, 15) is 14.0 Å².